The first-order chi connectivity index (χ1) is 10.5. The highest BCUT2D eigenvalue weighted by Crippen LogP contribution is 2.40. The predicted octanol–water partition coefficient (Wildman–Crippen LogP) is 2.98. The third kappa shape index (κ3) is 5.30. The van der Waals surface area contributed by atoms with Crippen LogP contribution < -0.4 is 10.6 Å². The maximum Gasteiger partial charge on any atom is 0.315 e. The first-order valence-corrected chi connectivity index (χ1v) is 7.93. The number of aliphatic hydroxyl groups excluding tert-OH is 1. The Hall–Kier alpha value is -1.62. The molecule has 3 N–H and O–H groups in total. The van der Waals surface area contributed by atoms with Crippen molar-refractivity contribution in [2.45, 2.75) is 45.3 Å². The molecule has 5 heteroatoms. The second-order valence-electron chi connectivity index (χ2n) is 6.50. The van der Waals surface area contributed by atoms with Crippen LogP contribution in [0.3, 0.4) is 0 Å². The molecule has 122 valence electrons. The molecule has 1 aliphatic carbocycles. The predicted molar refractivity (Wildman–Crippen MR) is 83.9 cm³/mol. The van der Waals surface area contributed by atoms with E-state index in [0.29, 0.717) is 18.3 Å². The molecule has 0 radical (unpaired) electrons. The van der Waals surface area contributed by atoms with E-state index < -0.39 is 6.10 Å². The van der Waals surface area contributed by atoms with Crippen molar-refractivity contribution in [2.24, 2.45) is 11.8 Å². The number of hydrogen-bond acceptors (Lipinski definition) is 2. The average Bonchev–Trinajstić information content (AvgIpc) is 3.27. The summed E-state index contributed by atoms with van der Waals surface area (Å²) in [6, 6.07) is 5.87. The summed E-state index contributed by atoms with van der Waals surface area (Å²) in [7, 11) is 0. The van der Waals surface area contributed by atoms with Crippen molar-refractivity contribution in [3.63, 3.8) is 0 Å². The van der Waals surface area contributed by atoms with Crippen molar-refractivity contribution in [1.82, 2.24) is 10.6 Å². The van der Waals surface area contributed by atoms with Gasteiger partial charge in [-0.3, -0.25) is 0 Å². The van der Waals surface area contributed by atoms with Gasteiger partial charge in [-0.1, -0.05) is 26.0 Å². The number of carbonyl (C=O) groups is 1. The van der Waals surface area contributed by atoms with Crippen LogP contribution in [0.15, 0.2) is 24.3 Å². The summed E-state index contributed by atoms with van der Waals surface area (Å²) < 4.78 is 13.0. The van der Waals surface area contributed by atoms with Gasteiger partial charge in [0, 0.05) is 6.54 Å². The zero-order valence-electron chi connectivity index (χ0n) is 13.2. The van der Waals surface area contributed by atoms with Gasteiger partial charge in [0.1, 0.15) is 5.82 Å². The number of aliphatic hydroxyl groups is 1. The van der Waals surface area contributed by atoms with E-state index in [-0.39, 0.29) is 24.4 Å². The molecule has 1 aromatic carbocycles. The van der Waals surface area contributed by atoms with Gasteiger partial charge in [0.05, 0.1) is 12.1 Å². The maximum atomic E-state index is 13.0. The molecule has 0 aromatic heterocycles. The number of amides is 2. The van der Waals surface area contributed by atoms with Gasteiger partial charge in [-0.25, -0.2) is 9.18 Å². The van der Waals surface area contributed by atoms with E-state index in [4.69, 9.17) is 0 Å². The molecule has 0 heterocycles. The van der Waals surface area contributed by atoms with Crippen LogP contribution in [0.5, 0.6) is 0 Å². The number of benzene rings is 1. The number of carbonyl (C=O) groups excluding carboxylic acids is 1. The minimum absolute atomic E-state index is 0.0946. The van der Waals surface area contributed by atoms with Gasteiger partial charge >= 0.3 is 6.03 Å². The molecule has 1 fully saturated rings. The second-order valence-corrected chi connectivity index (χ2v) is 6.50. The van der Waals surface area contributed by atoms with Crippen LogP contribution in [-0.4, -0.2) is 23.8 Å². The molecular formula is C17H25FN2O2. The highest BCUT2D eigenvalue weighted by Gasteiger charge is 2.33. The molecule has 4 nitrogen and oxygen atoms in total. The van der Waals surface area contributed by atoms with E-state index in [0.717, 1.165) is 18.4 Å². The summed E-state index contributed by atoms with van der Waals surface area (Å²) in [5, 5.41) is 15.4. The van der Waals surface area contributed by atoms with Crippen molar-refractivity contribution in [3.8, 4) is 0 Å². The lowest BCUT2D eigenvalue weighted by molar-refractivity contribution is 0.146. The lowest BCUT2D eigenvalue weighted by Gasteiger charge is -2.20. The third-order valence-electron chi connectivity index (χ3n) is 3.85. The van der Waals surface area contributed by atoms with Crippen LogP contribution in [0.4, 0.5) is 9.18 Å². The number of urea groups is 1. The molecule has 0 saturated heterocycles. The molecule has 2 rings (SSSR count). The van der Waals surface area contributed by atoms with Gasteiger partial charge in [-0.2, -0.15) is 0 Å². The van der Waals surface area contributed by atoms with Crippen molar-refractivity contribution in [2.75, 3.05) is 6.54 Å². The zero-order valence-corrected chi connectivity index (χ0v) is 13.2. The van der Waals surface area contributed by atoms with Crippen molar-refractivity contribution in [3.05, 3.63) is 35.6 Å². The zero-order chi connectivity index (χ0) is 16.1. The fraction of sp³-hybridized carbons (Fsp3) is 0.588. The first kappa shape index (κ1) is 16.7. The summed E-state index contributed by atoms with van der Waals surface area (Å²) >= 11 is 0. The topological polar surface area (TPSA) is 61.4 Å². The van der Waals surface area contributed by atoms with Crippen molar-refractivity contribution < 1.29 is 14.3 Å². The van der Waals surface area contributed by atoms with Crippen LogP contribution in [0.2, 0.25) is 0 Å². The number of rotatable bonds is 7. The maximum absolute atomic E-state index is 13.0. The van der Waals surface area contributed by atoms with E-state index >= 15 is 0 Å². The molecule has 0 spiro atoms. The molecular weight excluding hydrogens is 283 g/mol. The van der Waals surface area contributed by atoms with Gasteiger partial charge in [0.25, 0.3) is 0 Å². The fourth-order valence-electron chi connectivity index (χ4n) is 2.60. The largest absolute Gasteiger partial charge is 0.391 e. The third-order valence-corrected chi connectivity index (χ3v) is 3.85. The molecule has 1 aromatic rings. The molecule has 0 bridgehead atoms. The quantitative estimate of drug-likeness (QED) is 0.725. The average molecular weight is 308 g/mol. The van der Waals surface area contributed by atoms with Crippen LogP contribution in [0.1, 0.15) is 44.7 Å². The van der Waals surface area contributed by atoms with Crippen molar-refractivity contribution >= 4 is 6.03 Å². The Bertz CT molecular complexity index is 486. The van der Waals surface area contributed by atoms with Crippen molar-refractivity contribution in [1.29, 1.82) is 0 Å². The molecule has 2 atom stereocenters. The van der Waals surface area contributed by atoms with Crippen LogP contribution in [-0.2, 0) is 0 Å². The van der Waals surface area contributed by atoms with Crippen LogP contribution in [0, 0.1) is 17.7 Å². The van der Waals surface area contributed by atoms with Gasteiger partial charge in [-0.05, 0) is 48.8 Å². The molecule has 2 unspecified atom stereocenters. The lowest BCUT2D eigenvalue weighted by Crippen LogP contribution is -2.42. The minimum Gasteiger partial charge on any atom is -0.391 e. The fourth-order valence-corrected chi connectivity index (χ4v) is 2.60. The Balaban J connectivity index is 1.86. The highest BCUT2D eigenvalue weighted by atomic mass is 19.1. The summed E-state index contributed by atoms with van der Waals surface area (Å²) in [6.45, 7) is 4.30. The van der Waals surface area contributed by atoms with E-state index in [1.165, 1.54) is 12.1 Å². The van der Waals surface area contributed by atoms with Gasteiger partial charge in [0.2, 0.25) is 0 Å². The highest BCUT2D eigenvalue weighted by molar-refractivity contribution is 5.74. The van der Waals surface area contributed by atoms with E-state index in [9.17, 15) is 14.3 Å². The number of hydrogen-bond donors (Lipinski definition) is 3. The van der Waals surface area contributed by atoms with Gasteiger partial charge in [0.15, 0.2) is 0 Å². The molecule has 2 amide bonds. The second kappa shape index (κ2) is 7.58. The summed E-state index contributed by atoms with van der Waals surface area (Å²) in [5.74, 6) is 0.523. The Morgan fingerprint density at radius 1 is 1.32 bits per heavy atom. The Kier molecular flexibility index (Phi) is 5.77. The summed E-state index contributed by atoms with van der Waals surface area (Å²) in [4.78, 5) is 12.0. The minimum atomic E-state index is -0.532. The van der Waals surface area contributed by atoms with Gasteiger partial charge < -0.3 is 15.7 Å². The number of halogens is 1. The summed E-state index contributed by atoms with van der Waals surface area (Å²) in [6.07, 6.45) is 2.26. The van der Waals surface area contributed by atoms with E-state index in [1.807, 2.05) is 13.8 Å². The molecule has 1 saturated carbocycles. The molecule has 0 aliphatic heterocycles. The Morgan fingerprint density at radius 3 is 2.50 bits per heavy atom. The Labute approximate surface area is 131 Å². The molecule has 1 aliphatic rings. The summed E-state index contributed by atoms with van der Waals surface area (Å²) in [5.41, 5.74) is 0.918. The smallest absolute Gasteiger partial charge is 0.315 e. The SMILES string of the molecule is CC(C)CC(O)CNC(=O)NC(c1ccc(F)cc1)C1CC1. The lowest BCUT2D eigenvalue weighted by atomic mass is 10.0. The van der Waals surface area contributed by atoms with Crippen LogP contribution >= 0.6 is 0 Å². The van der Waals surface area contributed by atoms with E-state index in [1.54, 1.807) is 12.1 Å². The molecule has 22 heavy (non-hydrogen) atoms. The van der Waals surface area contributed by atoms with Crippen LogP contribution in [0.25, 0.3) is 0 Å². The van der Waals surface area contributed by atoms with Gasteiger partial charge in [-0.15, -0.1) is 0 Å². The first-order valence-electron chi connectivity index (χ1n) is 7.93. The normalized spacial score (nSPS) is 17.1. The monoisotopic (exact) mass is 308 g/mol. The standard InChI is InChI=1S/C17H25FN2O2/c1-11(2)9-15(21)10-19-17(22)20-16(12-3-4-12)13-5-7-14(18)8-6-13/h5-8,11-12,15-16,21H,3-4,9-10H2,1-2H3,(H2,19,20,22). The van der Waals surface area contributed by atoms with E-state index in [2.05, 4.69) is 10.6 Å². The Morgan fingerprint density at radius 2 is 1.95 bits per heavy atom. The number of nitrogens with one attached hydrogen (secondary N) is 2.